The van der Waals surface area contributed by atoms with Crippen LogP contribution >= 0.6 is 0 Å². The lowest BCUT2D eigenvalue weighted by atomic mass is 10.0. The minimum absolute atomic E-state index is 0.215. The molecule has 1 unspecified atom stereocenters. The molecule has 1 aromatic heterocycles. The van der Waals surface area contributed by atoms with Crippen LogP contribution in [-0.2, 0) is 10.3 Å². The summed E-state index contributed by atoms with van der Waals surface area (Å²) in [6, 6.07) is 3.50. The summed E-state index contributed by atoms with van der Waals surface area (Å²) in [6.07, 6.45) is 3.77. The van der Waals surface area contributed by atoms with Gasteiger partial charge in [0.25, 0.3) is 0 Å². The highest BCUT2D eigenvalue weighted by Crippen LogP contribution is 2.20. The standard InChI is InChI=1S/C16H29N3O3/c1-4-6-10-21-12-9-18-15(17-5-2)19-13-16(3,20)14-8-7-11-22-14/h7-8,11,20H,4-6,9-10,12-13H2,1-3H3,(H2,17,18,19). The SMILES string of the molecule is CCCCOCCNC(=NCC(C)(O)c1ccco1)NCC. The van der Waals surface area contributed by atoms with E-state index in [0.29, 0.717) is 24.9 Å². The van der Waals surface area contributed by atoms with E-state index >= 15 is 0 Å². The molecule has 1 rings (SSSR count). The largest absolute Gasteiger partial charge is 0.466 e. The third kappa shape index (κ3) is 6.95. The summed E-state index contributed by atoms with van der Waals surface area (Å²) >= 11 is 0. The molecular weight excluding hydrogens is 282 g/mol. The molecule has 0 aliphatic rings. The fourth-order valence-electron chi connectivity index (χ4n) is 1.83. The molecule has 0 amide bonds. The Kier molecular flexibility index (Phi) is 8.62. The second kappa shape index (κ2) is 10.2. The summed E-state index contributed by atoms with van der Waals surface area (Å²) in [5.41, 5.74) is -1.12. The first-order valence-electron chi connectivity index (χ1n) is 7.96. The van der Waals surface area contributed by atoms with E-state index in [-0.39, 0.29) is 6.54 Å². The molecule has 1 aromatic rings. The van der Waals surface area contributed by atoms with Crippen molar-refractivity contribution in [1.29, 1.82) is 0 Å². The van der Waals surface area contributed by atoms with E-state index in [9.17, 15) is 5.11 Å². The molecule has 0 aliphatic heterocycles. The van der Waals surface area contributed by atoms with Crippen molar-refractivity contribution in [2.45, 2.75) is 39.2 Å². The second-order valence-electron chi connectivity index (χ2n) is 5.34. The van der Waals surface area contributed by atoms with Crippen molar-refractivity contribution in [2.75, 3.05) is 32.8 Å². The number of rotatable bonds is 10. The van der Waals surface area contributed by atoms with Crippen molar-refractivity contribution in [3.8, 4) is 0 Å². The molecular formula is C16H29N3O3. The first-order chi connectivity index (χ1) is 10.6. The predicted molar refractivity (Wildman–Crippen MR) is 88.0 cm³/mol. The van der Waals surface area contributed by atoms with Gasteiger partial charge in [-0.2, -0.15) is 0 Å². The van der Waals surface area contributed by atoms with Crippen LogP contribution < -0.4 is 10.6 Å². The van der Waals surface area contributed by atoms with E-state index < -0.39 is 5.60 Å². The molecule has 3 N–H and O–H groups in total. The van der Waals surface area contributed by atoms with Crippen LogP contribution in [0.1, 0.15) is 39.4 Å². The molecule has 0 saturated heterocycles. The lowest BCUT2D eigenvalue weighted by Gasteiger charge is -2.19. The fourth-order valence-corrected chi connectivity index (χ4v) is 1.83. The highest BCUT2D eigenvalue weighted by Gasteiger charge is 2.25. The summed E-state index contributed by atoms with van der Waals surface area (Å²) < 4.78 is 10.7. The third-order valence-electron chi connectivity index (χ3n) is 3.12. The van der Waals surface area contributed by atoms with E-state index in [1.807, 2.05) is 6.92 Å². The van der Waals surface area contributed by atoms with Gasteiger partial charge >= 0.3 is 0 Å². The van der Waals surface area contributed by atoms with Gasteiger partial charge in [-0.15, -0.1) is 0 Å². The maximum absolute atomic E-state index is 10.4. The molecule has 0 saturated carbocycles. The number of aliphatic imine (C=N–C) groups is 1. The molecule has 6 nitrogen and oxygen atoms in total. The van der Waals surface area contributed by atoms with Crippen LogP contribution in [0.4, 0.5) is 0 Å². The van der Waals surface area contributed by atoms with Crippen LogP contribution in [0, 0.1) is 0 Å². The Hall–Kier alpha value is -1.53. The minimum atomic E-state index is -1.12. The molecule has 0 spiro atoms. The highest BCUT2D eigenvalue weighted by atomic mass is 16.5. The number of ether oxygens (including phenoxy) is 1. The Morgan fingerprint density at radius 2 is 2.18 bits per heavy atom. The molecule has 1 heterocycles. The van der Waals surface area contributed by atoms with Crippen molar-refractivity contribution < 1.29 is 14.3 Å². The number of furan rings is 1. The number of hydrogen-bond acceptors (Lipinski definition) is 4. The van der Waals surface area contributed by atoms with E-state index in [2.05, 4.69) is 22.5 Å². The summed E-state index contributed by atoms with van der Waals surface area (Å²) in [4.78, 5) is 4.40. The number of guanidine groups is 1. The first kappa shape index (κ1) is 18.5. The van der Waals surface area contributed by atoms with Crippen LogP contribution in [0.25, 0.3) is 0 Å². The van der Waals surface area contributed by atoms with Crippen LogP contribution in [0.5, 0.6) is 0 Å². The van der Waals surface area contributed by atoms with Crippen molar-refractivity contribution in [3.63, 3.8) is 0 Å². The van der Waals surface area contributed by atoms with Crippen LogP contribution in [0.3, 0.4) is 0 Å². The Morgan fingerprint density at radius 1 is 1.36 bits per heavy atom. The molecule has 22 heavy (non-hydrogen) atoms. The van der Waals surface area contributed by atoms with Gasteiger partial charge in [0, 0.05) is 19.7 Å². The molecule has 0 bridgehead atoms. The monoisotopic (exact) mass is 311 g/mol. The zero-order chi connectivity index (χ0) is 16.3. The molecule has 0 fully saturated rings. The summed E-state index contributed by atoms with van der Waals surface area (Å²) in [5.74, 6) is 1.17. The molecule has 126 valence electrons. The number of hydrogen-bond donors (Lipinski definition) is 3. The maximum Gasteiger partial charge on any atom is 0.191 e. The molecule has 1 atom stereocenters. The number of nitrogens with one attached hydrogen (secondary N) is 2. The predicted octanol–water partition coefficient (Wildman–Crippen LogP) is 1.86. The number of aliphatic hydroxyl groups is 1. The summed E-state index contributed by atoms with van der Waals surface area (Å²) in [6.45, 7) is 8.91. The van der Waals surface area contributed by atoms with Gasteiger partial charge in [0.05, 0.1) is 19.4 Å². The van der Waals surface area contributed by atoms with Crippen molar-refractivity contribution in [2.24, 2.45) is 4.99 Å². The van der Waals surface area contributed by atoms with Crippen molar-refractivity contribution >= 4 is 5.96 Å². The zero-order valence-electron chi connectivity index (χ0n) is 13.9. The fraction of sp³-hybridized carbons (Fsp3) is 0.688. The summed E-state index contributed by atoms with van der Waals surface area (Å²) in [7, 11) is 0. The van der Waals surface area contributed by atoms with Gasteiger partial charge in [-0.1, -0.05) is 13.3 Å². The van der Waals surface area contributed by atoms with Gasteiger partial charge in [0.1, 0.15) is 11.4 Å². The quantitative estimate of drug-likeness (QED) is 0.349. The maximum atomic E-state index is 10.4. The Labute approximate surface area is 133 Å². The molecule has 6 heteroatoms. The Balaban J connectivity index is 2.41. The summed E-state index contributed by atoms with van der Waals surface area (Å²) in [5, 5.41) is 16.7. The Morgan fingerprint density at radius 3 is 2.82 bits per heavy atom. The first-order valence-corrected chi connectivity index (χ1v) is 7.96. The average Bonchev–Trinajstić information content (AvgIpc) is 3.03. The smallest absolute Gasteiger partial charge is 0.191 e. The zero-order valence-corrected chi connectivity index (χ0v) is 13.9. The number of nitrogens with zero attached hydrogens (tertiary/aromatic N) is 1. The van der Waals surface area contributed by atoms with E-state index in [1.54, 1.807) is 25.3 Å². The Bertz CT molecular complexity index is 416. The van der Waals surface area contributed by atoms with Gasteiger partial charge in [-0.25, -0.2) is 4.99 Å². The third-order valence-corrected chi connectivity index (χ3v) is 3.12. The van der Waals surface area contributed by atoms with Crippen LogP contribution in [0.2, 0.25) is 0 Å². The van der Waals surface area contributed by atoms with Crippen LogP contribution in [-0.4, -0.2) is 43.9 Å². The molecule has 0 aromatic carbocycles. The van der Waals surface area contributed by atoms with Crippen molar-refractivity contribution in [3.05, 3.63) is 24.2 Å². The van der Waals surface area contributed by atoms with E-state index in [4.69, 9.17) is 9.15 Å². The second-order valence-corrected chi connectivity index (χ2v) is 5.34. The average molecular weight is 311 g/mol. The molecule has 0 aliphatic carbocycles. The normalized spacial score (nSPS) is 14.6. The van der Waals surface area contributed by atoms with Gasteiger partial charge in [-0.05, 0) is 32.4 Å². The van der Waals surface area contributed by atoms with Gasteiger partial charge in [0.15, 0.2) is 5.96 Å². The van der Waals surface area contributed by atoms with E-state index in [0.717, 1.165) is 26.0 Å². The van der Waals surface area contributed by atoms with Gasteiger partial charge in [0.2, 0.25) is 0 Å². The van der Waals surface area contributed by atoms with Gasteiger partial charge < -0.3 is 24.9 Å². The van der Waals surface area contributed by atoms with Crippen molar-refractivity contribution in [1.82, 2.24) is 10.6 Å². The topological polar surface area (TPSA) is 79.0 Å². The molecule has 0 radical (unpaired) electrons. The number of unbranched alkanes of at least 4 members (excludes halogenated alkanes) is 1. The lowest BCUT2D eigenvalue weighted by Crippen LogP contribution is -2.40. The highest BCUT2D eigenvalue weighted by molar-refractivity contribution is 5.79. The van der Waals surface area contributed by atoms with E-state index in [1.165, 1.54) is 0 Å². The van der Waals surface area contributed by atoms with Gasteiger partial charge in [-0.3, -0.25) is 0 Å². The minimum Gasteiger partial charge on any atom is -0.466 e. The lowest BCUT2D eigenvalue weighted by molar-refractivity contribution is 0.0437. The van der Waals surface area contributed by atoms with Crippen LogP contribution in [0.15, 0.2) is 27.8 Å².